The van der Waals surface area contributed by atoms with E-state index in [0.29, 0.717) is 6.04 Å². The third-order valence-electron chi connectivity index (χ3n) is 3.49. The molecule has 1 aliphatic rings. The Balaban J connectivity index is 1.80. The van der Waals surface area contributed by atoms with Gasteiger partial charge in [0.2, 0.25) is 0 Å². The summed E-state index contributed by atoms with van der Waals surface area (Å²) in [6.45, 7) is 3.11. The van der Waals surface area contributed by atoms with Crippen molar-refractivity contribution in [1.29, 1.82) is 0 Å². The molecule has 4 heteroatoms. The average Bonchev–Trinajstić information content (AvgIpc) is 2.85. The van der Waals surface area contributed by atoms with Crippen LogP contribution < -0.4 is 5.32 Å². The molecule has 0 spiro atoms. The van der Waals surface area contributed by atoms with Crippen molar-refractivity contribution in [2.24, 2.45) is 13.0 Å². The second-order valence-electron chi connectivity index (χ2n) is 4.57. The number of rotatable bonds is 4. The van der Waals surface area contributed by atoms with Gasteiger partial charge in [-0.3, -0.25) is 0 Å². The topological polar surface area (TPSA) is 42.7 Å². The summed E-state index contributed by atoms with van der Waals surface area (Å²) in [5.41, 5.74) is 0. The van der Waals surface area contributed by atoms with E-state index < -0.39 is 0 Å². The quantitative estimate of drug-likeness (QED) is 0.815. The van der Waals surface area contributed by atoms with E-state index in [2.05, 4.69) is 22.4 Å². The molecule has 1 heterocycles. The lowest BCUT2D eigenvalue weighted by Crippen LogP contribution is -2.32. The van der Waals surface area contributed by atoms with Crippen LogP contribution in [0.1, 0.15) is 38.4 Å². The van der Waals surface area contributed by atoms with Gasteiger partial charge in [0.1, 0.15) is 12.2 Å². The summed E-state index contributed by atoms with van der Waals surface area (Å²) in [5.74, 6) is 1.87. The molecule has 0 aliphatic heterocycles. The van der Waals surface area contributed by atoms with Gasteiger partial charge in [-0.25, -0.2) is 0 Å². The predicted octanol–water partition coefficient (Wildman–Crippen LogP) is 1.48. The zero-order valence-electron chi connectivity index (χ0n) is 9.61. The van der Waals surface area contributed by atoms with E-state index in [-0.39, 0.29) is 0 Å². The van der Waals surface area contributed by atoms with Gasteiger partial charge in [0, 0.05) is 13.1 Å². The first-order valence-corrected chi connectivity index (χ1v) is 5.83. The summed E-state index contributed by atoms with van der Waals surface area (Å²) < 4.78 is 1.97. The minimum Gasteiger partial charge on any atom is -0.320 e. The monoisotopic (exact) mass is 208 g/mol. The zero-order chi connectivity index (χ0) is 10.7. The molecule has 0 radical (unpaired) electrons. The maximum atomic E-state index is 4.06. The first-order chi connectivity index (χ1) is 7.27. The van der Waals surface area contributed by atoms with Gasteiger partial charge in [-0.1, -0.05) is 12.8 Å². The standard InChI is InChI=1S/C11H20N4/c1-9(10-5-3-4-6-10)12-7-11-14-13-8-15(11)2/h8-10,12H,3-7H2,1-2H3/t9-/m1/s1. The number of nitrogens with zero attached hydrogens (tertiary/aromatic N) is 3. The highest BCUT2D eigenvalue weighted by Gasteiger charge is 2.21. The van der Waals surface area contributed by atoms with Gasteiger partial charge in [0.25, 0.3) is 0 Å². The molecule has 1 aromatic rings. The lowest BCUT2D eigenvalue weighted by Gasteiger charge is -2.19. The predicted molar refractivity (Wildman–Crippen MR) is 59.3 cm³/mol. The Morgan fingerprint density at radius 1 is 1.53 bits per heavy atom. The molecule has 1 N–H and O–H groups in total. The maximum absolute atomic E-state index is 4.06. The summed E-state index contributed by atoms with van der Waals surface area (Å²) in [5, 5.41) is 11.5. The minimum absolute atomic E-state index is 0.601. The van der Waals surface area contributed by atoms with Crippen molar-refractivity contribution in [3.8, 4) is 0 Å². The number of nitrogens with one attached hydrogen (secondary N) is 1. The highest BCUT2D eigenvalue weighted by Crippen LogP contribution is 2.27. The molecule has 0 unspecified atom stereocenters. The van der Waals surface area contributed by atoms with E-state index in [4.69, 9.17) is 0 Å². The van der Waals surface area contributed by atoms with Crippen LogP contribution in [0.4, 0.5) is 0 Å². The highest BCUT2D eigenvalue weighted by atomic mass is 15.3. The highest BCUT2D eigenvalue weighted by molar-refractivity contribution is 4.85. The van der Waals surface area contributed by atoms with E-state index in [1.165, 1.54) is 25.7 Å². The Bertz CT molecular complexity index is 301. The number of aryl methyl sites for hydroxylation is 1. The van der Waals surface area contributed by atoms with Gasteiger partial charge in [-0.2, -0.15) is 0 Å². The van der Waals surface area contributed by atoms with Crippen molar-refractivity contribution in [1.82, 2.24) is 20.1 Å². The second kappa shape index (κ2) is 4.75. The molecule has 1 aromatic heterocycles. The van der Waals surface area contributed by atoms with Crippen molar-refractivity contribution in [3.05, 3.63) is 12.2 Å². The van der Waals surface area contributed by atoms with Crippen LogP contribution in [0.3, 0.4) is 0 Å². The molecule has 4 nitrogen and oxygen atoms in total. The molecular formula is C11H20N4. The first kappa shape index (κ1) is 10.6. The third-order valence-corrected chi connectivity index (χ3v) is 3.49. The minimum atomic E-state index is 0.601. The Morgan fingerprint density at radius 2 is 2.27 bits per heavy atom. The summed E-state index contributed by atoms with van der Waals surface area (Å²) in [4.78, 5) is 0. The van der Waals surface area contributed by atoms with Crippen LogP contribution in [-0.2, 0) is 13.6 Å². The summed E-state index contributed by atoms with van der Waals surface area (Å²) in [6.07, 6.45) is 7.32. The fraction of sp³-hybridized carbons (Fsp3) is 0.818. The van der Waals surface area contributed by atoms with Gasteiger partial charge in [-0.05, 0) is 25.7 Å². The molecule has 1 aliphatic carbocycles. The van der Waals surface area contributed by atoms with E-state index in [9.17, 15) is 0 Å². The van der Waals surface area contributed by atoms with Gasteiger partial charge >= 0.3 is 0 Å². The molecule has 2 rings (SSSR count). The van der Waals surface area contributed by atoms with Crippen molar-refractivity contribution in [3.63, 3.8) is 0 Å². The first-order valence-electron chi connectivity index (χ1n) is 5.83. The van der Waals surface area contributed by atoms with Crippen LogP contribution in [-0.4, -0.2) is 20.8 Å². The molecule has 0 saturated heterocycles. The van der Waals surface area contributed by atoms with Crippen LogP contribution in [0.5, 0.6) is 0 Å². The molecule has 1 saturated carbocycles. The Morgan fingerprint density at radius 3 is 2.87 bits per heavy atom. The lowest BCUT2D eigenvalue weighted by molar-refractivity contribution is 0.375. The number of aromatic nitrogens is 3. The van der Waals surface area contributed by atoms with Crippen molar-refractivity contribution >= 4 is 0 Å². The Hall–Kier alpha value is -0.900. The molecule has 0 bridgehead atoms. The Labute approximate surface area is 91.1 Å². The van der Waals surface area contributed by atoms with Crippen molar-refractivity contribution in [2.45, 2.75) is 45.2 Å². The van der Waals surface area contributed by atoms with E-state index in [1.54, 1.807) is 6.33 Å². The zero-order valence-corrected chi connectivity index (χ0v) is 9.61. The van der Waals surface area contributed by atoms with Crippen molar-refractivity contribution in [2.75, 3.05) is 0 Å². The van der Waals surface area contributed by atoms with E-state index in [1.807, 2.05) is 11.6 Å². The third kappa shape index (κ3) is 2.56. The lowest BCUT2D eigenvalue weighted by atomic mass is 10.00. The van der Waals surface area contributed by atoms with Crippen LogP contribution >= 0.6 is 0 Å². The second-order valence-corrected chi connectivity index (χ2v) is 4.57. The van der Waals surface area contributed by atoms with Crippen LogP contribution in [0.25, 0.3) is 0 Å². The fourth-order valence-electron chi connectivity index (χ4n) is 2.34. The van der Waals surface area contributed by atoms with E-state index >= 15 is 0 Å². The number of hydrogen-bond donors (Lipinski definition) is 1. The average molecular weight is 208 g/mol. The SMILES string of the molecule is C[C@@H](NCc1nncn1C)C1CCCC1. The smallest absolute Gasteiger partial charge is 0.146 e. The Kier molecular flexibility index (Phi) is 3.36. The fourth-order valence-corrected chi connectivity index (χ4v) is 2.34. The van der Waals surface area contributed by atoms with Gasteiger partial charge in [0.05, 0.1) is 6.54 Å². The number of hydrogen-bond acceptors (Lipinski definition) is 3. The largest absolute Gasteiger partial charge is 0.320 e. The van der Waals surface area contributed by atoms with Gasteiger partial charge in [-0.15, -0.1) is 10.2 Å². The summed E-state index contributed by atoms with van der Waals surface area (Å²) in [6, 6.07) is 0.601. The van der Waals surface area contributed by atoms with Gasteiger partial charge in [0.15, 0.2) is 0 Å². The van der Waals surface area contributed by atoms with Crippen LogP contribution in [0.15, 0.2) is 6.33 Å². The molecule has 1 atom stereocenters. The van der Waals surface area contributed by atoms with E-state index in [0.717, 1.165) is 18.3 Å². The van der Waals surface area contributed by atoms with Crippen LogP contribution in [0.2, 0.25) is 0 Å². The van der Waals surface area contributed by atoms with Crippen LogP contribution in [0, 0.1) is 5.92 Å². The summed E-state index contributed by atoms with van der Waals surface area (Å²) >= 11 is 0. The molecule has 1 fully saturated rings. The molecule has 0 amide bonds. The maximum Gasteiger partial charge on any atom is 0.146 e. The molecular weight excluding hydrogens is 188 g/mol. The molecule has 0 aromatic carbocycles. The van der Waals surface area contributed by atoms with Gasteiger partial charge < -0.3 is 9.88 Å². The normalized spacial score (nSPS) is 19.6. The van der Waals surface area contributed by atoms with Crippen molar-refractivity contribution < 1.29 is 0 Å². The molecule has 15 heavy (non-hydrogen) atoms. The molecule has 84 valence electrons. The summed E-state index contributed by atoms with van der Waals surface area (Å²) in [7, 11) is 1.98.